The van der Waals surface area contributed by atoms with Gasteiger partial charge in [-0.05, 0) is 73.6 Å². The van der Waals surface area contributed by atoms with E-state index in [-0.39, 0.29) is 24.2 Å². The number of nitrogens with one attached hydrogen (secondary N) is 2. The molecule has 2 aliphatic heterocycles. The molecule has 0 bridgehead atoms. The Morgan fingerprint density at radius 1 is 1.10 bits per heavy atom. The van der Waals surface area contributed by atoms with Gasteiger partial charge in [-0.2, -0.15) is 0 Å². The Hall–Kier alpha value is -3.48. The van der Waals surface area contributed by atoms with Crippen molar-refractivity contribution in [3.63, 3.8) is 0 Å². The average Bonchev–Trinajstić information content (AvgIpc) is 3.40. The molecular weight excluding hydrogens is 394 g/mol. The normalized spacial score (nSPS) is 24.1. The molecule has 2 aromatic rings. The van der Waals surface area contributed by atoms with Gasteiger partial charge in [0.2, 0.25) is 5.91 Å². The predicted molar refractivity (Wildman–Crippen MR) is 114 cm³/mol. The molecule has 2 aromatic carbocycles. The lowest BCUT2D eigenvalue weighted by Crippen LogP contribution is -2.41. The van der Waals surface area contributed by atoms with E-state index in [2.05, 4.69) is 10.6 Å². The molecule has 0 aromatic heterocycles. The highest BCUT2D eigenvalue weighted by Gasteiger charge is 2.49. The molecule has 158 valence electrons. The number of hydrogen-bond acceptors (Lipinski definition) is 4. The van der Waals surface area contributed by atoms with Gasteiger partial charge in [0, 0.05) is 11.3 Å². The highest BCUT2D eigenvalue weighted by Crippen LogP contribution is 2.34. The number of carbonyl (C=O) groups is 4. The van der Waals surface area contributed by atoms with E-state index in [4.69, 9.17) is 0 Å². The molecule has 1 aliphatic carbocycles. The molecule has 3 aliphatic rings. The Morgan fingerprint density at radius 2 is 1.87 bits per heavy atom. The maximum Gasteiger partial charge on any atom is 0.325 e. The van der Waals surface area contributed by atoms with Crippen LogP contribution in [0.1, 0.15) is 58.8 Å². The van der Waals surface area contributed by atoms with Gasteiger partial charge >= 0.3 is 6.03 Å². The van der Waals surface area contributed by atoms with Crippen molar-refractivity contribution in [1.29, 1.82) is 0 Å². The van der Waals surface area contributed by atoms with E-state index in [0.29, 0.717) is 11.3 Å². The van der Waals surface area contributed by atoms with E-state index >= 15 is 0 Å². The second-order valence-electron chi connectivity index (χ2n) is 8.72. The lowest BCUT2D eigenvalue weighted by atomic mass is 9.89. The first-order chi connectivity index (χ1) is 14.8. The zero-order valence-electron chi connectivity index (χ0n) is 17.5. The summed E-state index contributed by atoms with van der Waals surface area (Å²) in [5, 5.41) is 5.55. The summed E-state index contributed by atoms with van der Waals surface area (Å²) in [7, 11) is 0. The number of fused-ring (bicyclic) bond motifs is 2. The fourth-order valence-corrected chi connectivity index (χ4v) is 4.74. The summed E-state index contributed by atoms with van der Waals surface area (Å²) in [5.74, 6) is -1.24. The third-order valence-corrected chi connectivity index (χ3v) is 6.74. The van der Waals surface area contributed by atoms with Crippen molar-refractivity contribution < 1.29 is 19.2 Å². The molecule has 2 heterocycles. The largest absolute Gasteiger partial charge is 0.325 e. The number of carbonyl (C=O) groups excluding carboxylic acids is 4. The van der Waals surface area contributed by atoms with Crippen molar-refractivity contribution in [2.24, 2.45) is 0 Å². The SMILES string of the molecule is C[C@H]1C(=O)Nc2ccc(C(=O)CN3C(=O)N[C@](C)(c4ccc5c(c4)CCC5)C3=O)cc21. The molecule has 2 N–H and O–H groups in total. The zero-order valence-corrected chi connectivity index (χ0v) is 17.5. The van der Waals surface area contributed by atoms with Crippen LogP contribution >= 0.6 is 0 Å². The summed E-state index contributed by atoms with van der Waals surface area (Å²) in [6.07, 6.45) is 3.10. The van der Waals surface area contributed by atoms with Crippen molar-refractivity contribution in [3.8, 4) is 0 Å². The molecule has 0 spiro atoms. The Kier molecular flexibility index (Phi) is 4.25. The first-order valence-corrected chi connectivity index (χ1v) is 10.5. The van der Waals surface area contributed by atoms with Crippen molar-refractivity contribution in [2.75, 3.05) is 11.9 Å². The highest BCUT2D eigenvalue weighted by atomic mass is 16.2. The number of benzene rings is 2. The molecule has 31 heavy (non-hydrogen) atoms. The lowest BCUT2D eigenvalue weighted by Gasteiger charge is -2.23. The predicted octanol–water partition coefficient (Wildman–Crippen LogP) is 2.88. The minimum Gasteiger partial charge on any atom is -0.325 e. The average molecular weight is 417 g/mol. The Morgan fingerprint density at radius 3 is 2.68 bits per heavy atom. The van der Waals surface area contributed by atoms with E-state index in [1.54, 1.807) is 32.0 Å². The fourth-order valence-electron chi connectivity index (χ4n) is 4.74. The number of rotatable bonds is 4. The number of urea groups is 1. The van der Waals surface area contributed by atoms with Gasteiger partial charge in [-0.25, -0.2) is 4.79 Å². The van der Waals surface area contributed by atoms with Crippen LogP contribution in [0, 0.1) is 0 Å². The second-order valence-corrected chi connectivity index (χ2v) is 8.72. The smallest absolute Gasteiger partial charge is 0.325 e. The molecular formula is C24H23N3O4. The summed E-state index contributed by atoms with van der Waals surface area (Å²) < 4.78 is 0. The van der Waals surface area contributed by atoms with E-state index in [0.717, 1.165) is 35.3 Å². The summed E-state index contributed by atoms with van der Waals surface area (Å²) in [6, 6.07) is 10.3. The van der Waals surface area contributed by atoms with Gasteiger partial charge in [-0.1, -0.05) is 18.2 Å². The van der Waals surface area contributed by atoms with Gasteiger partial charge < -0.3 is 10.6 Å². The molecule has 0 radical (unpaired) electrons. The van der Waals surface area contributed by atoms with E-state index in [1.807, 2.05) is 18.2 Å². The maximum absolute atomic E-state index is 13.2. The third kappa shape index (κ3) is 2.95. The van der Waals surface area contributed by atoms with E-state index < -0.39 is 17.5 Å². The zero-order chi connectivity index (χ0) is 21.9. The van der Waals surface area contributed by atoms with Crippen LogP contribution < -0.4 is 10.6 Å². The Labute approximate surface area is 179 Å². The molecule has 4 amide bonds. The van der Waals surface area contributed by atoms with Crippen LogP contribution in [0.25, 0.3) is 0 Å². The van der Waals surface area contributed by atoms with E-state index in [1.165, 1.54) is 11.1 Å². The molecule has 7 heteroatoms. The van der Waals surface area contributed by atoms with Crippen LogP contribution in [-0.4, -0.2) is 35.1 Å². The van der Waals surface area contributed by atoms with Crippen LogP contribution in [0.4, 0.5) is 10.5 Å². The molecule has 1 saturated heterocycles. The van der Waals surface area contributed by atoms with Crippen LogP contribution in [-0.2, 0) is 28.0 Å². The number of hydrogen-bond donors (Lipinski definition) is 2. The number of nitrogens with zero attached hydrogens (tertiary/aromatic N) is 1. The summed E-state index contributed by atoms with van der Waals surface area (Å²) in [6.45, 7) is 3.11. The van der Waals surface area contributed by atoms with E-state index in [9.17, 15) is 19.2 Å². The third-order valence-electron chi connectivity index (χ3n) is 6.74. The summed E-state index contributed by atoms with van der Waals surface area (Å²) >= 11 is 0. The number of aryl methyl sites for hydroxylation is 2. The minimum atomic E-state index is -1.20. The van der Waals surface area contributed by atoms with Crippen molar-refractivity contribution in [1.82, 2.24) is 10.2 Å². The van der Waals surface area contributed by atoms with Crippen molar-refractivity contribution in [3.05, 3.63) is 64.2 Å². The molecule has 5 rings (SSSR count). The van der Waals surface area contributed by atoms with Crippen LogP contribution in [0.2, 0.25) is 0 Å². The maximum atomic E-state index is 13.2. The lowest BCUT2D eigenvalue weighted by molar-refractivity contribution is -0.130. The minimum absolute atomic E-state index is 0.112. The first kappa shape index (κ1) is 19.5. The van der Waals surface area contributed by atoms with Gasteiger partial charge in [0.15, 0.2) is 5.78 Å². The number of amides is 4. The van der Waals surface area contributed by atoms with Crippen LogP contribution in [0.3, 0.4) is 0 Å². The van der Waals surface area contributed by atoms with Gasteiger partial charge in [0.05, 0.1) is 12.5 Å². The standard InChI is InChI=1S/C24H23N3O4/c1-13-18-11-16(7-9-19(18)25-21(13)29)20(28)12-27-22(30)24(2,26-23(27)31)17-8-6-14-4-3-5-15(14)10-17/h6-11,13H,3-5,12H2,1-2H3,(H,25,29)(H,26,31)/t13-,24-/m1/s1. The highest BCUT2D eigenvalue weighted by molar-refractivity contribution is 6.12. The number of anilines is 1. The van der Waals surface area contributed by atoms with Crippen molar-refractivity contribution >= 4 is 29.3 Å². The fraction of sp³-hybridized carbons (Fsp3) is 0.333. The van der Waals surface area contributed by atoms with Gasteiger partial charge in [0.25, 0.3) is 5.91 Å². The molecule has 7 nitrogen and oxygen atoms in total. The topological polar surface area (TPSA) is 95.6 Å². The summed E-state index contributed by atoms with van der Waals surface area (Å²) in [5.41, 5.74) is 3.84. The molecule has 0 saturated carbocycles. The van der Waals surface area contributed by atoms with Gasteiger partial charge in [-0.3, -0.25) is 19.3 Å². The molecule has 1 fully saturated rings. The van der Waals surface area contributed by atoms with Gasteiger partial charge in [0.1, 0.15) is 5.54 Å². The van der Waals surface area contributed by atoms with Crippen molar-refractivity contribution in [2.45, 2.75) is 44.6 Å². The van der Waals surface area contributed by atoms with Gasteiger partial charge in [-0.15, -0.1) is 0 Å². The Balaban J connectivity index is 1.38. The number of imide groups is 1. The quantitative estimate of drug-likeness (QED) is 0.591. The van der Waals surface area contributed by atoms with Crippen LogP contribution in [0.5, 0.6) is 0 Å². The summed E-state index contributed by atoms with van der Waals surface area (Å²) in [4.78, 5) is 51.6. The Bertz CT molecular complexity index is 1170. The van der Waals surface area contributed by atoms with Crippen LogP contribution in [0.15, 0.2) is 36.4 Å². The monoisotopic (exact) mass is 417 g/mol. The molecule has 0 unspecified atom stereocenters. The number of ketones is 1. The number of Topliss-reactive ketones (excluding diaryl/α,β-unsaturated/α-hetero) is 1. The second kappa shape index (κ2) is 6.77. The molecule has 2 atom stereocenters. The first-order valence-electron chi connectivity index (χ1n) is 10.5.